The maximum atomic E-state index is 13.0. The molecule has 6 heteroatoms. The van der Waals surface area contributed by atoms with Crippen molar-refractivity contribution in [3.63, 3.8) is 0 Å². The summed E-state index contributed by atoms with van der Waals surface area (Å²) in [5, 5.41) is 3.39. The molecule has 1 aliphatic heterocycles. The zero-order valence-electron chi connectivity index (χ0n) is 14.9. The molecule has 27 heavy (non-hydrogen) atoms. The van der Waals surface area contributed by atoms with Crippen molar-refractivity contribution in [2.75, 3.05) is 18.4 Å². The van der Waals surface area contributed by atoms with Gasteiger partial charge in [0.1, 0.15) is 11.6 Å². The highest BCUT2D eigenvalue weighted by molar-refractivity contribution is 5.32. The summed E-state index contributed by atoms with van der Waals surface area (Å²) in [5.74, 6) is 1.21. The molecular weight excluding hydrogens is 343 g/mol. The zero-order chi connectivity index (χ0) is 18.5. The molecule has 0 saturated carbocycles. The number of nitrogens with one attached hydrogen (secondary N) is 1. The molecular formula is C21H21FN4O. The molecule has 1 fully saturated rings. The van der Waals surface area contributed by atoms with E-state index in [9.17, 15) is 4.39 Å². The molecule has 1 N–H and O–H groups in total. The highest BCUT2D eigenvalue weighted by atomic mass is 19.1. The topological polar surface area (TPSA) is 50.3 Å². The Morgan fingerprint density at radius 2 is 1.89 bits per heavy atom. The minimum Gasteiger partial charge on any atom is -0.439 e. The predicted octanol–water partition coefficient (Wildman–Crippen LogP) is 4.09. The van der Waals surface area contributed by atoms with Gasteiger partial charge in [0.15, 0.2) is 0 Å². The summed E-state index contributed by atoms with van der Waals surface area (Å²) in [6.07, 6.45) is 2.70. The first-order valence-corrected chi connectivity index (χ1v) is 9.04. The molecule has 1 unspecified atom stereocenters. The monoisotopic (exact) mass is 364 g/mol. The highest BCUT2D eigenvalue weighted by Crippen LogP contribution is 2.21. The second-order valence-corrected chi connectivity index (χ2v) is 6.63. The third kappa shape index (κ3) is 4.80. The van der Waals surface area contributed by atoms with Crippen molar-refractivity contribution in [3.8, 4) is 11.6 Å². The Labute approximate surface area is 157 Å². The van der Waals surface area contributed by atoms with E-state index in [4.69, 9.17) is 4.74 Å². The van der Waals surface area contributed by atoms with E-state index in [1.165, 1.54) is 17.7 Å². The number of rotatable bonds is 6. The molecule has 1 atom stereocenters. The molecule has 4 rings (SSSR count). The van der Waals surface area contributed by atoms with Gasteiger partial charge in [0.2, 0.25) is 11.8 Å². The van der Waals surface area contributed by atoms with Crippen LogP contribution in [-0.2, 0) is 6.54 Å². The summed E-state index contributed by atoms with van der Waals surface area (Å²) in [6, 6.07) is 18.3. The highest BCUT2D eigenvalue weighted by Gasteiger charge is 2.23. The summed E-state index contributed by atoms with van der Waals surface area (Å²) in [5.41, 5.74) is 1.32. The molecule has 1 aromatic heterocycles. The van der Waals surface area contributed by atoms with E-state index in [0.717, 1.165) is 26.1 Å². The molecule has 5 nitrogen and oxygen atoms in total. The first-order chi connectivity index (χ1) is 13.2. The van der Waals surface area contributed by atoms with Gasteiger partial charge in [-0.2, -0.15) is 4.98 Å². The Kier molecular flexibility index (Phi) is 5.25. The number of aromatic nitrogens is 2. The average Bonchev–Trinajstić information content (AvgIpc) is 3.11. The Bertz CT molecular complexity index is 873. The van der Waals surface area contributed by atoms with Crippen LogP contribution in [0, 0.1) is 5.82 Å². The van der Waals surface area contributed by atoms with E-state index >= 15 is 0 Å². The fraction of sp³-hybridized carbons (Fsp3) is 0.238. The van der Waals surface area contributed by atoms with Crippen molar-refractivity contribution in [1.29, 1.82) is 0 Å². The minimum absolute atomic E-state index is 0.298. The number of nitrogens with zero attached hydrogens (tertiary/aromatic N) is 3. The summed E-state index contributed by atoms with van der Waals surface area (Å²) in [4.78, 5) is 11.1. The van der Waals surface area contributed by atoms with Crippen molar-refractivity contribution in [3.05, 3.63) is 78.2 Å². The van der Waals surface area contributed by atoms with Crippen LogP contribution in [0.1, 0.15) is 12.0 Å². The Morgan fingerprint density at radius 1 is 1.07 bits per heavy atom. The van der Waals surface area contributed by atoms with Crippen LogP contribution in [0.4, 0.5) is 10.3 Å². The largest absolute Gasteiger partial charge is 0.439 e. The molecule has 0 spiro atoms. The molecule has 0 amide bonds. The van der Waals surface area contributed by atoms with Crippen LogP contribution in [0.3, 0.4) is 0 Å². The van der Waals surface area contributed by atoms with Crippen LogP contribution in [0.2, 0.25) is 0 Å². The lowest BCUT2D eigenvalue weighted by molar-refractivity contribution is 0.328. The molecule has 0 aliphatic carbocycles. The molecule has 0 radical (unpaired) electrons. The number of likely N-dealkylation sites (tertiary alicyclic amines) is 1. The van der Waals surface area contributed by atoms with Crippen LogP contribution in [0.5, 0.6) is 11.6 Å². The van der Waals surface area contributed by atoms with Gasteiger partial charge >= 0.3 is 0 Å². The fourth-order valence-electron chi connectivity index (χ4n) is 3.21. The van der Waals surface area contributed by atoms with E-state index in [2.05, 4.69) is 44.5 Å². The van der Waals surface area contributed by atoms with E-state index in [1.807, 2.05) is 6.07 Å². The third-order valence-electron chi connectivity index (χ3n) is 4.52. The third-order valence-corrected chi connectivity index (χ3v) is 4.52. The summed E-state index contributed by atoms with van der Waals surface area (Å²) in [6.45, 7) is 2.94. The van der Waals surface area contributed by atoms with Gasteiger partial charge in [-0.25, -0.2) is 9.37 Å². The number of anilines is 1. The van der Waals surface area contributed by atoms with Gasteiger partial charge in [0.05, 0.1) is 0 Å². The van der Waals surface area contributed by atoms with Crippen molar-refractivity contribution >= 4 is 5.95 Å². The van der Waals surface area contributed by atoms with Crippen LogP contribution in [0.25, 0.3) is 0 Å². The van der Waals surface area contributed by atoms with Crippen molar-refractivity contribution in [2.24, 2.45) is 0 Å². The van der Waals surface area contributed by atoms with E-state index < -0.39 is 0 Å². The number of hydrogen-bond donors (Lipinski definition) is 1. The molecule has 1 saturated heterocycles. The first-order valence-electron chi connectivity index (χ1n) is 9.04. The standard InChI is InChI=1S/C21H21FN4O/c22-17-6-8-19(9-7-17)27-20-10-12-23-21(25-20)24-18-11-13-26(15-18)14-16-4-2-1-3-5-16/h1-10,12,18H,11,13-15H2,(H,23,24,25). The second kappa shape index (κ2) is 8.14. The number of ether oxygens (including phenoxy) is 1. The minimum atomic E-state index is -0.298. The summed E-state index contributed by atoms with van der Waals surface area (Å²) >= 11 is 0. The first kappa shape index (κ1) is 17.4. The smallest absolute Gasteiger partial charge is 0.226 e. The van der Waals surface area contributed by atoms with Crippen LogP contribution >= 0.6 is 0 Å². The molecule has 2 aromatic carbocycles. The maximum absolute atomic E-state index is 13.0. The lowest BCUT2D eigenvalue weighted by Crippen LogP contribution is -2.26. The van der Waals surface area contributed by atoms with Gasteiger partial charge in [-0.1, -0.05) is 30.3 Å². The van der Waals surface area contributed by atoms with E-state index in [-0.39, 0.29) is 5.82 Å². The lowest BCUT2D eigenvalue weighted by Gasteiger charge is -2.17. The van der Waals surface area contributed by atoms with Gasteiger partial charge < -0.3 is 10.1 Å². The van der Waals surface area contributed by atoms with Gasteiger partial charge in [-0.05, 0) is 36.2 Å². The van der Waals surface area contributed by atoms with Gasteiger partial charge in [-0.3, -0.25) is 4.90 Å². The van der Waals surface area contributed by atoms with Gasteiger partial charge in [-0.15, -0.1) is 0 Å². The van der Waals surface area contributed by atoms with Crippen molar-refractivity contribution in [1.82, 2.24) is 14.9 Å². The molecule has 3 aromatic rings. The second-order valence-electron chi connectivity index (χ2n) is 6.63. The molecule has 2 heterocycles. The van der Waals surface area contributed by atoms with Crippen molar-refractivity contribution in [2.45, 2.75) is 19.0 Å². The quantitative estimate of drug-likeness (QED) is 0.714. The van der Waals surface area contributed by atoms with Crippen molar-refractivity contribution < 1.29 is 9.13 Å². The molecule has 138 valence electrons. The Hall–Kier alpha value is -2.99. The normalized spacial score (nSPS) is 17.0. The maximum Gasteiger partial charge on any atom is 0.226 e. The SMILES string of the molecule is Fc1ccc(Oc2ccnc(NC3CCN(Cc4ccccc4)C3)n2)cc1. The number of hydrogen-bond acceptors (Lipinski definition) is 5. The van der Waals surface area contributed by atoms with Crippen LogP contribution < -0.4 is 10.1 Å². The van der Waals surface area contributed by atoms with Gasteiger partial charge in [0.25, 0.3) is 0 Å². The Morgan fingerprint density at radius 3 is 2.70 bits per heavy atom. The van der Waals surface area contributed by atoms with Gasteiger partial charge in [0, 0.05) is 37.9 Å². The van der Waals surface area contributed by atoms with Crippen LogP contribution in [-0.4, -0.2) is 34.0 Å². The molecule has 1 aliphatic rings. The van der Waals surface area contributed by atoms with Crippen LogP contribution in [0.15, 0.2) is 66.9 Å². The number of halogens is 1. The lowest BCUT2D eigenvalue weighted by atomic mass is 10.2. The Balaban J connectivity index is 1.34. The predicted molar refractivity (Wildman–Crippen MR) is 102 cm³/mol. The zero-order valence-corrected chi connectivity index (χ0v) is 14.9. The number of benzene rings is 2. The summed E-state index contributed by atoms with van der Waals surface area (Å²) in [7, 11) is 0. The fourth-order valence-corrected chi connectivity index (χ4v) is 3.21. The summed E-state index contributed by atoms with van der Waals surface area (Å²) < 4.78 is 18.7. The molecule has 0 bridgehead atoms. The van der Waals surface area contributed by atoms with E-state index in [1.54, 1.807) is 24.4 Å². The average molecular weight is 364 g/mol. The van der Waals surface area contributed by atoms with E-state index in [0.29, 0.717) is 23.6 Å².